The zero-order chi connectivity index (χ0) is 25.5. The molecule has 0 aliphatic heterocycles. The van der Waals surface area contributed by atoms with Gasteiger partial charge >= 0.3 is 6.18 Å². The van der Waals surface area contributed by atoms with E-state index in [0.717, 1.165) is 30.0 Å². The van der Waals surface area contributed by atoms with Crippen LogP contribution in [0.3, 0.4) is 0 Å². The second kappa shape index (κ2) is 11.1. The van der Waals surface area contributed by atoms with Crippen LogP contribution in [0.2, 0.25) is 0 Å². The SMILES string of the molecule is CS(=O)(=O)NCCOc1cc(NC(=O)c2cccnc2NCc2ccncc2)ccc1C(F)(F)F. The molecule has 35 heavy (non-hydrogen) atoms. The van der Waals surface area contributed by atoms with Gasteiger partial charge in [-0.15, -0.1) is 0 Å². The fraction of sp³-hybridized carbons (Fsp3) is 0.227. The summed E-state index contributed by atoms with van der Waals surface area (Å²) in [5.41, 5.74) is 0.0853. The molecule has 0 bridgehead atoms. The van der Waals surface area contributed by atoms with Crippen molar-refractivity contribution in [3.8, 4) is 5.75 Å². The lowest BCUT2D eigenvalue weighted by atomic mass is 10.1. The fourth-order valence-corrected chi connectivity index (χ4v) is 3.41. The van der Waals surface area contributed by atoms with Crippen molar-refractivity contribution in [3.63, 3.8) is 0 Å². The molecule has 0 unspecified atom stereocenters. The van der Waals surface area contributed by atoms with Crippen LogP contribution in [-0.2, 0) is 22.7 Å². The molecular formula is C22H22F3N5O4S. The van der Waals surface area contributed by atoms with Crippen LogP contribution in [0.1, 0.15) is 21.5 Å². The van der Waals surface area contributed by atoms with E-state index in [9.17, 15) is 26.4 Å². The highest BCUT2D eigenvalue weighted by Gasteiger charge is 2.34. The van der Waals surface area contributed by atoms with Crippen LogP contribution < -0.4 is 20.1 Å². The van der Waals surface area contributed by atoms with Gasteiger partial charge in [0.05, 0.1) is 17.4 Å². The Kier molecular flexibility index (Phi) is 8.25. The Morgan fingerprint density at radius 2 is 1.83 bits per heavy atom. The van der Waals surface area contributed by atoms with Crippen molar-refractivity contribution < 1.29 is 31.1 Å². The van der Waals surface area contributed by atoms with Crippen molar-refractivity contribution in [2.75, 3.05) is 30.0 Å². The molecule has 0 saturated heterocycles. The minimum absolute atomic E-state index is 0.0537. The molecule has 0 spiro atoms. The minimum atomic E-state index is -4.71. The number of sulfonamides is 1. The van der Waals surface area contributed by atoms with Gasteiger partial charge in [-0.05, 0) is 42.0 Å². The van der Waals surface area contributed by atoms with Gasteiger partial charge in [0, 0.05) is 43.4 Å². The lowest BCUT2D eigenvalue weighted by Crippen LogP contribution is -2.27. The molecule has 0 aliphatic carbocycles. The number of pyridine rings is 2. The Hall–Kier alpha value is -3.71. The van der Waals surface area contributed by atoms with Gasteiger partial charge in [0.25, 0.3) is 5.91 Å². The largest absolute Gasteiger partial charge is 0.492 e. The highest BCUT2D eigenvalue weighted by atomic mass is 32.2. The lowest BCUT2D eigenvalue weighted by Gasteiger charge is -2.16. The molecule has 9 nitrogen and oxygen atoms in total. The van der Waals surface area contributed by atoms with Crippen molar-refractivity contribution in [2.45, 2.75) is 12.7 Å². The van der Waals surface area contributed by atoms with E-state index in [-0.39, 0.29) is 30.2 Å². The number of halogens is 3. The van der Waals surface area contributed by atoms with Gasteiger partial charge in [-0.1, -0.05) is 0 Å². The number of hydrogen-bond acceptors (Lipinski definition) is 7. The van der Waals surface area contributed by atoms with Crippen molar-refractivity contribution in [1.29, 1.82) is 0 Å². The molecule has 2 aromatic heterocycles. The summed E-state index contributed by atoms with van der Waals surface area (Å²) in [6.07, 6.45) is 0.966. The van der Waals surface area contributed by atoms with Crippen molar-refractivity contribution in [1.82, 2.24) is 14.7 Å². The average Bonchev–Trinajstić information content (AvgIpc) is 2.80. The summed E-state index contributed by atoms with van der Waals surface area (Å²) in [7, 11) is -3.52. The number of rotatable bonds is 10. The number of nitrogens with zero attached hydrogens (tertiary/aromatic N) is 2. The summed E-state index contributed by atoms with van der Waals surface area (Å²) in [6.45, 7) is -0.201. The molecule has 186 valence electrons. The summed E-state index contributed by atoms with van der Waals surface area (Å²) in [5.74, 6) is -0.857. The van der Waals surface area contributed by atoms with E-state index in [1.807, 2.05) is 0 Å². The number of hydrogen-bond donors (Lipinski definition) is 3. The second-order valence-corrected chi connectivity index (χ2v) is 9.12. The first-order chi connectivity index (χ1) is 16.5. The molecular weight excluding hydrogens is 487 g/mol. The van der Waals surface area contributed by atoms with E-state index in [1.165, 1.54) is 12.3 Å². The highest BCUT2D eigenvalue weighted by Crippen LogP contribution is 2.37. The van der Waals surface area contributed by atoms with Crippen LogP contribution in [-0.4, -0.2) is 43.7 Å². The predicted molar refractivity (Wildman–Crippen MR) is 124 cm³/mol. The molecule has 1 amide bonds. The van der Waals surface area contributed by atoms with Crippen LogP contribution in [0.4, 0.5) is 24.7 Å². The van der Waals surface area contributed by atoms with Crippen LogP contribution in [0.5, 0.6) is 5.75 Å². The van der Waals surface area contributed by atoms with E-state index in [1.54, 1.807) is 30.6 Å². The number of nitrogens with one attached hydrogen (secondary N) is 3. The highest BCUT2D eigenvalue weighted by molar-refractivity contribution is 7.88. The van der Waals surface area contributed by atoms with Crippen LogP contribution in [0.25, 0.3) is 0 Å². The molecule has 3 N–H and O–H groups in total. The summed E-state index contributed by atoms with van der Waals surface area (Å²) >= 11 is 0. The van der Waals surface area contributed by atoms with E-state index in [2.05, 4.69) is 25.3 Å². The number of carbonyl (C=O) groups is 1. The van der Waals surface area contributed by atoms with Crippen LogP contribution >= 0.6 is 0 Å². The molecule has 0 fully saturated rings. The Labute approximate surface area is 199 Å². The number of ether oxygens (including phenoxy) is 1. The number of alkyl halides is 3. The molecule has 0 saturated carbocycles. The number of anilines is 2. The van der Waals surface area contributed by atoms with Crippen molar-refractivity contribution in [2.24, 2.45) is 0 Å². The number of aromatic nitrogens is 2. The van der Waals surface area contributed by atoms with E-state index in [4.69, 9.17) is 4.74 Å². The first-order valence-electron chi connectivity index (χ1n) is 10.2. The van der Waals surface area contributed by atoms with Gasteiger partial charge in [0.1, 0.15) is 18.2 Å². The van der Waals surface area contributed by atoms with Crippen LogP contribution in [0.15, 0.2) is 61.1 Å². The summed E-state index contributed by atoms with van der Waals surface area (Å²) in [5, 5.41) is 5.60. The van der Waals surface area contributed by atoms with Crippen molar-refractivity contribution in [3.05, 3.63) is 77.7 Å². The maximum absolute atomic E-state index is 13.4. The molecule has 3 aromatic rings. The van der Waals surface area contributed by atoms with Gasteiger partial charge < -0.3 is 15.4 Å². The monoisotopic (exact) mass is 509 g/mol. The maximum atomic E-state index is 13.4. The zero-order valence-electron chi connectivity index (χ0n) is 18.5. The third kappa shape index (κ3) is 7.93. The third-order valence-corrected chi connectivity index (χ3v) is 5.26. The summed E-state index contributed by atoms with van der Waals surface area (Å²) < 4.78 is 69.7. The molecule has 0 radical (unpaired) electrons. The van der Waals surface area contributed by atoms with Gasteiger partial charge in [-0.2, -0.15) is 13.2 Å². The van der Waals surface area contributed by atoms with E-state index in [0.29, 0.717) is 6.54 Å². The lowest BCUT2D eigenvalue weighted by molar-refractivity contribution is -0.138. The predicted octanol–water partition coefficient (Wildman–Crippen LogP) is 3.29. The number of benzene rings is 1. The van der Waals surface area contributed by atoms with E-state index < -0.39 is 33.4 Å². The second-order valence-electron chi connectivity index (χ2n) is 7.29. The smallest absolute Gasteiger partial charge is 0.419 e. The van der Waals surface area contributed by atoms with Crippen LogP contribution in [0, 0.1) is 0 Å². The Morgan fingerprint density at radius 1 is 1.09 bits per heavy atom. The number of carbonyl (C=O) groups excluding carboxylic acids is 1. The first-order valence-corrected chi connectivity index (χ1v) is 12.1. The van der Waals surface area contributed by atoms with Gasteiger partial charge in [0.2, 0.25) is 10.0 Å². The fourth-order valence-electron chi connectivity index (χ4n) is 2.96. The summed E-state index contributed by atoms with van der Waals surface area (Å²) in [6, 6.07) is 9.58. The van der Waals surface area contributed by atoms with E-state index >= 15 is 0 Å². The average molecular weight is 510 g/mol. The molecule has 1 aromatic carbocycles. The van der Waals surface area contributed by atoms with Gasteiger partial charge in [-0.3, -0.25) is 9.78 Å². The Balaban J connectivity index is 1.75. The van der Waals surface area contributed by atoms with Gasteiger partial charge in [0.15, 0.2) is 0 Å². The number of amides is 1. The topological polar surface area (TPSA) is 122 Å². The molecule has 2 heterocycles. The molecule has 0 atom stereocenters. The zero-order valence-corrected chi connectivity index (χ0v) is 19.3. The first kappa shape index (κ1) is 25.9. The molecule has 13 heteroatoms. The minimum Gasteiger partial charge on any atom is -0.492 e. The Morgan fingerprint density at radius 3 is 2.51 bits per heavy atom. The molecule has 0 aliphatic rings. The standard InChI is InChI=1S/C22H22F3N5O4S/c1-35(32,33)29-11-12-34-19-13-16(4-5-18(19)22(23,24)25)30-21(31)17-3-2-8-27-20(17)28-14-15-6-9-26-10-7-15/h2-10,13,29H,11-12,14H2,1H3,(H,27,28)(H,30,31). The quantitative estimate of drug-likeness (QED) is 0.359. The third-order valence-electron chi connectivity index (χ3n) is 4.53. The van der Waals surface area contributed by atoms with Crippen molar-refractivity contribution >= 4 is 27.4 Å². The Bertz CT molecular complexity index is 1270. The maximum Gasteiger partial charge on any atom is 0.419 e. The van der Waals surface area contributed by atoms with Gasteiger partial charge in [-0.25, -0.2) is 18.1 Å². The molecule has 3 rings (SSSR count). The summed E-state index contributed by atoms with van der Waals surface area (Å²) in [4.78, 5) is 21.0. The normalized spacial score (nSPS) is 11.7.